The van der Waals surface area contributed by atoms with Crippen molar-refractivity contribution >= 4 is 33.2 Å². The number of aliphatic carboxylic acids is 1. The van der Waals surface area contributed by atoms with Crippen molar-refractivity contribution in [3.63, 3.8) is 0 Å². The summed E-state index contributed by atoms with van der Waals surface area (Å²) in [6.45, 7) is -1.36. The molecule has 0 amide bonds. The number of hydrogen-bond acceptors (Lipinski definition) is 6. The van der Waals surface area contributed by atoms with Gasteiger partial charge in [-0.1, -0.05) is 36.4 Å². The topological polar surface area (TPSA) is 120 Å². The molecule has 0 bridgehead atoms. The zero-order valence-corrected chi connectivity index (χ0v) is 19.2. The molecule has 152 valence electrons. The van der Waals surface area contributed by atoms with E-state index in [0.717, 1.165) is 0 Å². The third-order valence-corrected chi connectivity index (χ3v) is 6.28. The van der Waals surface area contributed by atoms with Gasteiger partial charge in [0.2, 0.25) is 10.0 Å². The minimum atomic E-state index is -4.14. The molecule has 8 nitrogen and oxygen atoms in total. The molecular weight excluding hydrogens is 419 g/mol. The Balaban J connectivity index is 0.00000320. The fraction of sp³-hybridized carbons (Fsp3) is 0.200. The molecule has 1 heterocycles. The number of sulfonamides is 1. The monoisotopic (exact) mass is 438 g/mol. The predicted molar refractivity (Wildman–Crippen MR) is 104 cm³/mol. The maximum atomic E-state index is 12.8. The van der Waals surface area contributed by atoms with Crippen LogP contribution < -0.4 is 34.7 Å². The third kappa shape index (κ3) is 5.37. The number of hydrogen-bond donors (Lipinski definition) is 1. The van der Waals surface area contributed by atoms with Crippen LogP contribution in [0, 0.1) is 0 Å². The summed E-state index contributed by atoms with van der Waals surface area (Å²) in [5.41, 5.74) is 1.14. The van der Waals surface area contributed by atoms with Crippen molar-refractivity contribution in [2.45, 2.75) is 17.5 Å². The molecule has 2 aromatic carbocycles. The molecule has 1 atom stereocenters. The van der Waals surface area contributed by atoms with Crippen LogP contribution in [0.25, 0.3) is 10.9 Å². The molecule has 0 saturated heterocycles. The molecule has 1 unspecified atom stereocenters. The van der Waals surface area contributed by atoms with E-state index in [9.17, 15) is 28.2 Å². The van der Waals surface area contributed by atoms with Crippen LogP contribution in [0.15, 0.2) is 65.7 Å². The molecule has 3 rings (SSSR count). The van der Waals surface area contributed by atoms with E-state index in [1.807, 2.05) is 0 Å². The van der Waals surface area contributed by atoms with Crippen LogP contribution >= 0.6 is 0 Å². The van der Waals surface area contributed by atoms with E-state index in [-0.39, 0.29) is 41.0 Å². The number of rotatable bonds is 9. The number of nitrogens with zero attached hydrogens (tertiary/aromatic N) is 2. The van der Waals surface area contributed by atoms with Crippen LogP contribution in [-0.2, 0) is 21.4 Å². The first-order valence-corrected chi connectivity index (χ1v) is 10.2. The fourth-order valence-corrected chi connectivity index (χ4v) is 4.62. The number of carboxylic acids is 1. The molecule has 30 heavy (non-hydrogen) atoms. The van der Waals surface area contributed by atoms with Gasteiger partial charge in [0.25, 0.3) is 0 Å². The molecule has 3 aromatic rings. The number of fused-ring (bicyclic) bond motifs is 1. The quantitative estimate of drug-likeness (QED) is 0.286. The molecule has 0 saturated carbocycles. The zero-order chi connectivity index (χ0) is 21.0. The Morgan fingerprint density at radius 1 is 1.13 bits per heavy atom. The number of aromatic nitrogens is 1. The van der Waals surface area contributed by atoms with Gasteiger partial charge in [-0.2, -0.15) is 4.31 Å². The Labute approximate surface area is 196 Å². The molecule has 0 aliphatic carbocycles. The third-order valence-electron chi connectivity index (χ3n) is 4.45. The number of aliphatic hydroxyl groups excluding tert-OH is 1. The van der Waals surface area contributed by atoms with Crippen molar-refractivity contribution < 1.29 is 57.8 Å². The fourth-order valence-electron chi connectivity index (χ4n) is 3.17. The molecule has 1 aromatic heterocycles. The van der Waals surface area contributed by atoms with Crippen LogP contribution in [-0.4, -0.2) is 53.8 Å². The van der Waals surface area contributed by atoms with Crippen LogP contribution in [0.2, 0.25) is 0 Å². The Hall–Kier alpha value is -2.01. The van der Waals surface area contributed by atoms with Crippen LogP contribution in [0.5, 0.6) is 0 Å². The summed E-state index contributed by atoms with van der Waals surface area (Å²) < 4.78 is 27.9. The van der Waals surface area contributed by atoms with Crippen LogP contribution in [0.3, 0.4) is 0 Å². The minimum Gasteiger partial charge on any atom is -0.549 e. The maximum absolute atomic E-state index is 12.8. The minimum absolute atomic E-state index is 0. The van der Waals surface area contributed by atoms with Gasteiger partial charge in [-0.3, -0.25) is 4.79 Å². The van der Waals surface area contributed by atoms with Gasteiger partial charge in [0, 0.05) is 35.8 Å². The van der Waals surface area contributed by atoms with E-state index in [0.29, 0.717) is 27.1 Å². The van der Waals surface area contributed by atoms with Gasteiger partial charge in [0.15, 0.2) is 6.29 Å². The Morgan fingerprint density at radius 3 is 2.40 bits per heavy atom. The molecule has 10 heteroatoms. The summed E-state index contributed by atoms with van der Waals surface area (Å²) >= 11 is 0. The van der Waals surface area contributed by atoms with E-state index >= 15 is 0 Å². The summed E-state index contributed by atoms with van der Waals surface area (Å²) in [5, 5.41) is 22.3. The number of para-hydroxylation sites is 1. The van der Waals surface area contributed by atoms with Crippen molar-refractivity contribution in [2.75, 3.05) is 13.1 Å². The smallest absolute Gasteiger partial charge is 0.549 e. The molecule has 1 N–H and O–H groups in total. The van der Waals surface area contributed by atoms with Crippen molar-refractivity contribution in [2.24, 2.45) is 0 Å². The predicted octanol–water partition coefficient (Wildman–Crippen LogP) is -2.74. The van der Waals surface area contributed by atoms with Crippen LogP contribution in [0.4, 0.5) is 0 Å². The van der Waals surface area contributed by atoms with Gasteiger partial charge in [0.1, 0.15) is 0 Å². The largest absolute Gasteiger partial charge is 1.00 e. The number of aldehydes is 1. The molecule has 0 aliphatic rings. The van der Waals surface area contributed by atoms with Crippen molar-refractivity contribution in [1.82, 2.24) is 8.87 Å². The van der Waals surface area contributed by atoms with Crippen molar-refractivity contribution in [1.29, 1.82) is 0 Å². The Kier molecular flexibility index (Phi) is 8.36. The van der Waals surface area contributed by atoms with Gasteiger partial charge in [-0.25, -0.2) is 8.42 Å². The van der Waals surface area contributed by atoms with Gasteiger partial charge in [-0.15, -0.1) is 0 Å². The molecule has 0 aliphatic heterocycles. The number of carboxylic acid groups (broad SMARTS) is 1. The van der Waals surface area contributed by atoms with E-state index in [1.165, 1.54) is 24.3 Å². The number of aliphatic hydroxyl groups is 1. The molecule has 0 radical (unpaired) electrons. The molecule has 0 fully saturated rings. The van der Waals surface area contributed by atoms with Gasteiger partial charge < -0.3 is 19.6 Å². The first-order chi connectivity index (χ1) is 13.8. The van der Waals surface area contributed by atoms with Gasteiger partial charge in [-0.05, 0) is 18.2 Å². The van der Waals surface area contributed by atoms with E-state index < -0.39 is 35.2 Å². The van der Waals surface area contributed by atoms with Crippen LogP contribution in [0.1, 0.15) is 10.4 Å². The standard InChI is InChI=1S/C20H20N2O6S.Na/c23-14-15-10-21(19-9-5-4-8-18(15)19)11-16(24)12-22(13-20(25)26)29(27,28)17-6-2-1-3-7-17;/h1-10,14,16,24H,11-13H2,(H,25,26);/q;+1/p-1. The first-order valence-electron chi connectivity index (χ1n) is 8.79. The second-order valence-electron chi connectivity index (χ2n) is 6.51. The SMILES string of the molecule is O=Cc1cn(CC(O)CN(CC(=O)[O-])S(=O)(=O)c2ccccc2)c2ccccc12.[Na+]. The average Bonchev–Trinajstić information content (AvgIpc) is 3.05. The number of carbonyl (C=O) groups is 2. The normalized spacial score (nSPS) is 12.5. The summed E-state index contributed by atoms with van der Waals surface area (Å²) in [6.07, 6.45) is 1.05. The van der Waals surface area contributed by atoms with Crippen molar-refractivity contribution in [3.05, 3.63) is 66.4 Å². The first kappa shape index (κ1) is 24.3. The summed E-state index contributed by atoms with van der Waals surface area (Å²) in [4.78, 5) is 22.3. The average molecular weight is 438 g/mol. The number of carbonyl (C=O) groups excluding carboxylic acids is 2. The molecule has 0 spiro atoms. The zero-order valence-electron chi connectivity index (χ0n) is 16.3. The summed E-state index contributed by atoms with van der Waals surface area (Å²) in [6, 6.07) is 14.5. The summed E-state index contributed by atoms with van der Waals surface area (Å²) in [7, 11) is -4.14. The molecular formula is C20H19N2NaO6S. The van der Waals surface area contributed by atoms with E-state index in [2.05, 4.69) is 0 Å². The van der Waals surface area contributed by atoms with E-state index in [1.54, 1.807) is 41.1 Å². The van der Waals surface area contributed by atoms with E-state index in [4.69, 9.17) is 0 Å². The second-order valence-corrected chi connectivity index (χ2v) is 8.45. The maximum Gasteiger partial charge on any atom is 1.00 e. The summed E-state index contributed by atoms with van der Waals surface area (Å²) in [5.74, 6) is -1.58. The van der Waals surface area contributed by atoms with Gasteiger partial charge >= 0.3 is 29.6 Å². The Bertz CT molecular complexity index is 1130. The van der Waals surface area contributed by atoms with Crippen molar-refractivity contribution in [3.8, 4) is 0 Å². The number of benzene rings is 2. The second kappa shape index (κ2) is 10.3. The van der Waals surface area contributed by atoms with Gasteiger partial charge in [0.05, 0.1) is 23.5 Å². The Morgan fingerprint density at radius 2 is 1.77 bits per heavy atom.